The zero-order valence-electron chi connectivity index (χ0n) is 12.3. The van der Waals surface area contributed by atoms with E-state index in [2.05, 4.69) is 15.6 Å². The fourth-order valence-electron chi connectivity index (χ4n) is 1.90. The molecular weight excluding hydrogens is 268 g/mol. The molecule has 2 rings (SSSR count). The van der Waals surface area contributed by atoms with E-state index in [0.717, 1.165) is 17.7 Å². The average Bonchev–Trinajstić information content (AvgIpc) is 2.89. The van der Waals surface area contributed by atoms with Crippen LogP contribution in [0.2, 0.25) is 0 Å². The predicted octanol–water partition coefficient (Wildman–Crippen LogP) is 1.75. The van der Waals surface area contributed by atoms with Crippen molar-refractivity contribution in [3.63, 3.8) is 0 Å². The van der Waals surface area contributed by atoms with E-state index in [-0.39, 0.29) is 5.91 Å². The number of methoxy groups -OCH3 is 1. The second-order valence-corrected chi connectivity index (χ2v) is 4.44. The number of hydrogen-bond acceptors (Lipinski definition) is 4. The number of carbonyl (C=O) groups excluding carboxylic acids is 1. The second-order valence-electron chi connectivity index (χ2n) is 4.44. The van der Waals surface area contributed by atoms with Gasteiger partial charge in [0.25, 0.3) is 5.91 Å². The number of hydrogen-bond donors (Lipinski definition) is 1. The van der Waals surface area contributed by atoms with Crippen molar-refractivity contribution in [1.82, 2.24) is 15.2 Å². The first-order valence-corrected chi connectivity index (χ1v) is 6.65. The Bertz CT molecular complexity index is 661. The molecule has 0 saturated carbocycles. The van der Waals surface area contributed by atoms with Crippen molar-refractivity contribution in [3.05, 3.63) is 47.3 Å². The first-order valence-electron chi connectivity index (χ1n) is 6.65. The minimum absolute atomic E-state index is 0.296. The Hall–Kier alpha value is -2.63. The molecule has 0 unspecified atom stereocenters. The number of rotatable bonds is 5. The molecule has 2 aromatic rings. The van der Waals surface area contributed by atoms with Crippen LogP contribution >= 0.6 is 0 Å². The Labute approximate surface area is 123 Å². The van der Waals surface area contributed by atoms with Gasteiger partial charge in [-0.3, -0.25) is 9.48 Å². The lowest BCUT2D eigenvalue weighted by Crippen LogP contribution is -2.20. The summed E-state index contributed by atoms with van der Waals surface area (Å²) in [4.78, 5) is 12.0. The first-order chi connectivity index (χ1) is 10.2. The van der Waals surface area contributed by atoms with Crippen LogP contribution in [-0.2, 0) is 13.5 Å². The van der Waals surface area contributed by atoms with Crippen LogP contribution < -0.4 is 10.2 Å². The molecule has 21 heavy (non-hydrogen) atoms. The normalized spacial score (nSPS) is 10.8. The fraction of sp³-hybridized carbons (Fsp3) is 0.267. The van der Waals surface area contributed by atoms with Crippen molar-refractivity contribution in [2.45, 2.75) is 13.3 Å². The van der Waals surface area contributed by atoms with Gasteiger partial charge in [0.2, 0.25) is 0 Å². The summed E-state index contributed by atoms with van der Waals surface area (Å²) in [5.41, 5.74) is 4.63. The summed E-state index contributed by atoms with van der Waals surface area (Å²) in [6.45, 7) is 1.99. The smallest absolute Gasteiger partial charge is 0.289 e. The molecule has 0 bridgehead atoms. The van der Waals surface area contributed by atoms with Gasteiger partial charge in [-0.05, 0) is 24.6 Å². The summed E-state index contributed by atoms with van der Waals surface area (Å²) in [5.74, 6) is 0.403. The zero-order chi connectivity index (χ0) is 15.2. The SMILES string of the molecule is CCc1cc(C(=O)NN=Cc2ccccc2OC)n(C)n1. The van der Waals surface area contributed by atoms with Crippen LogP contribution in [0.1, 0.15) is 28.7 Å². The summed E-state index contributed by atoms with van der Waals surface area (Å²) < 4.78 is 6.75. The lowest BCUT2D eigenvalue weighted by molar-refractivity contribution is 0.0945. The van der Waals surface area contributed by atoms with Crippen molar-refractivity contribution in [2.75, 3.05) is 7.11 Å². The van der Waals surface area contributed by atoms with Gasteiger partial charge in [-0.1, -0.05) is 19.1 Å². The predicted molar refractivity (Wildman–Crippen MR) is 80.6 cm³/mol. The monoisotopic (exact) mass is 286 g/mol. The molecule has 1 aromatic carbocycles. The van der Waals surface area contributed by atoms with Gasteiger partial charge >= 0.3 is 0 Å². The lowest BCUT2D eigenvalue weighted by Gasteiger charge is -2.03. The molecule has 110 valence electrons. The maximum Gasteiger partial charge on any atom is 0.289 e. The number of hydrazone groups is 1. The second kappa shape index (κ2) is 6.69. The third-order valence-corrected chi connectivity index (χ3v) is 3.03. The molecule has 0 saturated heterocycles. The number of ether oxygens (including phenoxy) is 1. The van der Waals surface area contributed by atoms with E-state index < -0.39 is 0 Å². The summed E-state index contributed by atoms with van der Waals surface area (Å²) >= 11 is 0. The topological polar surface area (TPSA) is 68.5 Å². The average molecular weight is 286 g/mol. The van der Waals surface area contributed by atoms with Crippen molar-refractivity contribution < 1.29 is 9.53 Å². The third kappa shape index (κ3) is 3.47. The fourth-order valence-corrected chi connectivity index (χ4v) is 1.90. The summed E-state index contributed by atoms with van der Waals surface area (Å²) in [5, 5.41) is 8.18. The molecule has 1 aromatic heterocycles. The summed E-state index contributed by atoms with van der Waals surface area (Å²) in [7, 11) is 3.32. The number of nitrogens with one attached hydrogen (secondary N) is 1. The van der Waals surface area contributed by atoms with Gasteiger partial charge in [0.15, 0.2) is 0 Å². The van der Waals surface area contributed by atoms with Crippen LogP contribution in [0.4, 0.5) is 0 Å². The van der Waals surface area contributed by atoms with Crippen LogP contribution in [-0.4, -0.2) is 29.0 Å². The van der Waals surface area contributed by atoms with E-state index in [9.17, 15) is 4.79 Å². The molecule has 0 aliphatic heterocycles. The van der Waals surface area contributed by atoms with Crippen LogP contribution in [0, 0.1) is 0 Å². The highest BCUT2D eigenvalue weighted by molar-refractivity contribution is 5.93. The van der Waals surface area contributed by atoms with Crippen molar-refractivity contribution in [1.29, 1.82) is 0 Å². The molecule has 0 fully saturated rings. The Morgan fingerprint density at radius 1 is 1.48 bits per heavy atom. The van der Waals surface area contributed by atoms with E-state index in [1.807, 2.05) is 31.2 Å². The van der Waals surface area contributed by atoms with Crippen molar-refractivity contribution in [2.24, 2.45) is 12.1 Å². The summed E-state index contributed by atoms with van der Waals surface area (Å²) in [6, 6.07) is 9.19. The third-order valence-electron chi connectivity index (χ3n) is 3.03. The minimum atomic E-state index is -0.296. The molecule has 0 radical (unpaired) electrons. The largest absolute Gasteiger partial charge is 0.496 e. The summed E-state index contributed by atoms with van der Waals surface area (Å²) in [6.07, 6.45) is 2.33. The maximum atomic E-state index is 12.0. The Kier molecular flexibility index (Phi) is 4.71. The molecule has 6 nitrogen and oxygen atoms in total. The highest BCUT2D eigenvalue weighted by atomic mass is 16.5. The highest BCUT2D eigenvalue weighted by Crippen LogP contribution is 2.14. The Balaban J connectivity index is 2.06. The molecule has 1 amide bonds. The first kappa shape index (κ1) is 14.8. The number of para-hydroxylation sites is 1. The molecule has 0 spiro atoms. The Morgan fingerprint density at radius 3 is 2.90 bits per heavy atom. The van der Waals surface area contributed by atoms with E-state index in [1.165, 1.54) is 0 Å². The molecule has 1 heterocycles. The number of benzene rings is 1. The quantitative estimate of drug-likeness (QED) is 0.672. The van der Waals surface area contributed by atoms with Gasteiger partial charge in [-0.25, -0.2) is 5.43 Å². The lowest BCUT2D eigenvalue weighted by atomic mass is 10.2. The molecule has 6 heteroatoms. The standard InChI is InChI=1S/C15H18N4O2/c1-4-12-9-13(19(2)18-12)15(20)17-16-10-11-7-5-6-8-14(11)21-3/h5-10H,4H2,1-3H3,(H,17,20). The molecular formula is C15H18N4O2. The zero-order valence-corrected chi connectivity index (χ0v) is 12.3. The molecule has 0 aliphatic rings. The number of aromatic nitrogens is 2. The number of amides is 1. The van der Waals surface area contributed by atoms with Crippen LogP contribution in [0.3, 0.4) is 0 Å². The van der Waals surface area contributed by atoms with Crippen LogP contribution in [0.5, 0.6) is 5.75 Å². The molecule has 0 atom stereocenters. The van der Waals surface area contributed by atoms with Gasteiger partial charge < -0.3 is 4.74 Å². The minimum Gasteiger partial charge on any atom is -0.496 e. The van der Waals surface area contributed by atoms with Gasteiger partial charge in [-0.15, -0.1) is 0 Å². The number of aryl methyl sites for hydroxylation is 2. The molecule has 1 N–H and O–H groups in total. The van der Waals surface area contributed by atoms with Gasteiger partial charge in [-0.2, -0.15) is 10.2 Å². The van der Waals surface area contributed by atoms with Gasteiger partial charge in [0.1, 0.15) is 11.4 Å². The van der Waals surface area contributed by atoms with Gasteiger partial charge in [0, 0.05) is 12.6 Å². The van der Waals surface area contributed by atoms with Crippen molar-refractivity contribution >= 4 is 12.1 Å². The van der Waals surface area contributed by atoms with E-state index in [0.29, 0.717) is 11.4 Å². The van der Waals surface area contributed by atoms with Crippen LogP contribution in [0.15, 0.2) is 35.4 Å². The number of carbonyl (C=O) groups is 1. The number of nitrogens with zero attached hydrogens (tertiary/aromatic N) is 3. The van der Waals surface area contributed by atoms with E-state index in [4.69, 9.17) is 4.74 Å². The van der Waals surface area contributed by atoms with E-state index in [1.54, 1.807) is 31.1 Å². The highest BCUT2D eigenvalue weighted by Gasteiger charge is 2.11. The Morgan fingerprint density at radius 2 is 2.24 bits per heavy atom. The van der Waals surface area contributed by atoms with Gasteiger partial charge in [0.05, 0.1) is 19.0 Å². The maximum absolute atomic E-state index is 12.0. The van der Waals surface area contributed by atoms with E-state index >= 15 is 0 Å². The van der Waals surface area contributed by atoms with Crippen LogP contribution in [0.25, 0.3) is 0 Å². The van der Waals surface area contributed by atoms with Crippen molar-refractivity contribution in [3.8, 4) is 5.75 Å². The molecule has 0 aliphatic carbocycles.